The Morgan fingerprint density at radius 3 is 2.54 bits per heavy atom. The van der Waals surface area contributed by atoms with Crippen molar-refractivity contribution in [2.45, 2.75) is 24.7 Å². The minimum atomic E-state index is -3.57. The maximum Gasteiger partial charge on any atom is 0.270 e. The fourth-order valence-corrected chi connectivity index (χ4v) is 3.36. The quantitative estimate of drug-likeness (QED) is 0.288. The van der Waals surface area contributed by atoms with Gasteiger partial charge in [-0.1, -0.05) is 25.5 Å². The Morgan fingerprint density at radius 1 is 1.18 bits per heavy atom. The molecule has 0 aromatic heterocycles. The van der Waals surface area contributed by atoms with E-state index >= 15 is 0 Å². The van der Waals surface area contributed by atoms with Crippen molar-refractivity contribution in [1.29, 1.82) is 0 Å². The summed E-state index contributed by atoms with van der Waals surface area (Å²) < 4.78 is 26.7. The summed E-state index contributed by atoms with van der Waals surface area (Å²) in [5, 5.41) is 13.4. The molecule has 0 atom stereocenters. The van der Waals surface area contributed by atoms with Gasteiger partial charge in [-0.2, -0.15) is 0 Å². The molecule has 0 fully saturated rings. The van der Waals surface area contributed by atoms with Gasteiger partial charge in [0.15, 0.2) is 0 Å². The molecule has 9 heteroatoms. The van der Waals surface area contributed by atoms with E-state index in [4.69, 9.17) is 0 Å². The van der Waals surface area contributed by atoms with Crippen LogP contribution in [0.3, 0.4) is 0 Å². The van der Waals surface area contributed by atoms with E-state index in [1.54, 1.807) is 6.07 Å². The molecule has 2 aromatic carbocycles. The number of nitro benzene ring substituents is 1. The number of nitrogens with zero attached hydrogens (tertiary/aromatic N) is 1. The normalized spacial score (nSPS) is 11.5. The molecule has 0 aliphatic carbocycles. The van der Waals surface area contributed by atoms with Crippen LogP contribution in [0.2, 0.25) is 0 Å². The number of rotatable bonds is 9. The number of carbonyl (C=O) groups excluding carboxylic acids is 1. The number of anilines is 1. The van der Waals surface area contributed by atoms with Crippen LogP contribution < -0.4 is 10.0 Å². The Morgan fingerprint density at radius 2 is 1.89 bits per heavy atom. The van der Waals surface area contributed by atoms with Gasteiger partial charge in [0.05, 0.1) is 9.82 Å². The second-order valence-electron chi connectivity index (χ2n) is 5.95. The Balaban J connectivity index is 1.99. The van der Waals surface area contributed by atoms with Gasteiger partial charge >= 0.3 is 0 Å². The third-order valence-corrected chi connectivity index (χ3v) is 5.24. The van der Waals surface area contributed by atoms with Gasteiger partial charge in [0.1, 0.15) is 0 Å². The van der Waals surface area contributed by atoms with Crippen LogP contribution in [0.5, 0.6) is 0 Å². The average molecular weight is 403 g/mol. The summed E-state index contributed by atoms with van der Waals surface area (Å²) in [6.45, 7) is 2.35. The van der Waals surface area contributed by atoms with Crippen molar-refractivity contribution in [3.05, 3.63) is 70.3 Å². The minimum absolute atomic E-state index is 0.0631. The molecule has 0 aliphatic rings. The number of benzene rings is 2. The van der Waals surface area contributed by atoms with Gasteiger partial charge < -0.3 is 5.32 Å². The maximum absolute atomic E-state index is 12.1. The van der Waals surface area contributed by atoms with Crippen LogP contribution in [0, 0.1) is 10.1 Å². The molecule has 0 heterocycles. The lowest BCUT2D eigenvalue weighted by molar-refractivity contribution is -0.384. The number of nitrogens with one attached hydrogen (secondary N) is 2. The highest BCUT2D eigenvalue weighted by atomic mass is 32.2. The first kappa shape index (κ1) is 21.3. The summed E-state index contributed by atoms with van der Waals surface area (Å²) in [4.78, 5) is 22.4. The van der Waals surface area contributed by atoms with E-state index in [0.717, 1.165) is 12.8 Å². The number of amides is 1. The first-order valence-electron chi connectivity index (χ1n) is 8.65. The fourth-order valence-electron chi connectivity index (χ4n) is 2.28. The van der Waals surface area contributed by atoms with Crippen LogP contribution in [0.25, 0.3) is 6.08 Å². The summed E-state index contributed by atoms with van der Waals surface area (Å²) in [6.07, 6.45) is 4.34. The lowest BCUT2D eigenvalue weighted by atomic mass is 10.2. The Bertz CT molecular complexity index is 969. The van der Waals surface area contributed by atoms with Gasteiger partial charge in [-0.05, 0) is 42.3 Å². The summed E-state index contributed by atoms with van der Waals surface area (Å²) in [6, 6.07) is 11.7. The second-order valence-corrected chi connectivity index (χ2v) is 7.72. The molecule has 2 N–H and O–H groups in total. The lowest BCUT2D eigenvalue weighted by Crippen LogP contribution is -2.24. The summed E-state index contributed by atoms with van der Waals surface area (Å²) in [7, 11) is -3.57. The molecular formula is C19H21N3O5S. The Hall–Kier alpha value is -3.04. The van der Waals surface area contributed by atoms with E-state index in [1.165, 1.54) is 54.6 Å². The third kappa shape index (κ3) is 6.29. The van der Waals surface area contributed by atoms with Crippen LogP contribution in [-0.4, -0.2) is 25.8 Å². The SMILES string of the molecule is CCCCNS(=O)(=O)c1ccc(NC(=O)C=Cc2cccc([N+](=O)[O-])c2)cc1. The zero-order valence-corrected chi connectivity index (χ0v) is 16.1. The zero-order valence-electron chi connectivity index (χ0n) is 15.3. The van der Waals surface area contributed by atoms with Crippen molar-refractivity contribution in [3.8, 4) is 0 Å². The minimum Gasteiger partial charge on any atom is -0.323 e. The highest BCUT2D eigenvalue weighted by molar-refractivity contribution is 7.89. The maximum atomic E-state index is 12.1. The Kier molecular flexibility index (Phi) is 7.42. The van der Waals surface area contributed by atoms with Crippen molar-refractivity contribution in [2.24, 2.45) is 0 Å². The van der Waals surface area contributed by atoms with E-state index in [-0.39, 0.29) is 10.6 Å². The van der Waals surface area contributed by atoms with Gasteiger partial charge in [-0.25, -0.2) is 13.1 Å². The largest absolute Gasteiger partial charge is 0.323 e. The van der Waals surface area contributed by atoms with Gasteiger partial charge in [-0.3, -0.25) is 14.9 Å². The van der Waals surface area contributed by atoms with Crippen molar-refractivity contribution in [3.63, 3.8) is 0 Å². The number of nitro groups is 1. The van der Waals surface area contributed by atoms with Crippen LogP contribution in [0.1, 0.15) is 25.3 Å². The lowest BCUT2D eigenvalue weighted by Gasteiger charge is -2.07. The van der Waals surface area contributed by atoms with Crippen LogP contribution in [0.15, 0.2) is 59.5 Å². The van der Waals surface area contributed by atoms with Gasteiger partial charge in [-0.15, -0.1) is 0 Å². The standard InChI is InChI=1S/C19H21N3O5S/c1-2-3-13-20-28(26,27)18-10-8-16(9-11-18)21-19(23)12-7-15-5-4-6-17(14-15)22(24)25/h4-12,14,20H,2-3,13H2,1H3,(H,21,23). The van der Waals surface area contributed by atoms with Crippen molar-refractivity contribution in [1.82, 2.24) is 4.72 Å². The molecular weight excluding hydrogens is 382 g/mol. The van der Waals surface area contributed by atoms with E-state index in [9.17, 15) is 23.3 Å². The molecule has 8 nitrogen and oxygen atoms in total. The highest BCUT2D eigenvalue weighted by Crippen LogP contribution is 2.16. The fraction of sp³-hybridized carbons (Fsp3) is 0.211. The van der Waals surface area contributed by atoms with E-state index in [2.05, 4.69) is 10.0 Å². The second kappa shape index (κ2) is 9.77. The molecule has 0 spiro atoms. The molecule has 0 unspecified atom stereocenters. The first-order valence-corrected chi connectivity index (χ1v) is 10.1. The van der Waals surface area contributed by atoms with Crippen molar-refractivity contribution >= 4 is 33.4 Å². The topological polar surface area (TPSA) is 118 Å². The number of hydrogen-bond acceptors (Lipinski definition) is 5. The smallest absolute Gasteiger partial charge is 0.270 e. The van der Waals surface area contributed by atoms with Gasteiger partial charge in [0.2, 0.25) is 15.9 Å². The number of non-ortho nitro benzene ring substituents is 1. The van der Waals surface area contributed by atoms with E-state index < -0.39 is 20.9 Å². The predicted molar refractivity (Wildman–Crippen MR) is 107 cm³/mol. The third-order valence-electron chi connectivity index (χ3n) is 3.76. The summed E-state index contributed by atoms with van der Waals surface area (Å²) >= 11 is 0. The van der Waals surface area contributed by atoms with Crippen LogP contribution >= 0.6 is 0 Å². The zero-order chi connectivity index (χ0) is 20.6. The van der Waals surface area contributed by atoms with Gasteiger partial charge in [0, 0.05) is 30.4 Å². The summed E-state index contributed by atoms with van der Waals surface area (Å²) in [5.41, 5.74) is 0.886. The number of carbonyl (C=O) groups is 1. The molecule has 28 heavy (non-hydrogen) atoms. The van der Waals surface area contributed by atoms with Crippen LogP contribution in [0.4, 0.5) is 11.4 Å². The predicted octanol–water partition coefficient (Wildman–Crippen LogP) is 3.33. The molecule has 0 saturated heterocycles. The molecule has 0 saturated carbocycles. The van der Waals surface area contributed by atoms with E-state index in [0.29, 0.717) is 17.8 Å². The number of unbranched alkanes of at least 4 members (excludes halogenated alkanes) is 1. The molecule has 0 aliphatic heterocycles. The molecule has 2 aromatic rings. The monoisotopic (exact) mass is 403 g/mol. The molecule has 0 radical (unpaired) electrons. The molecule has 148 valence electrons. The molecule has 1 amide bonds. The number of hydrogen-bond donors (Lipinski definition) is 2. The van der Waals surface area contributed by atoms with Gasteiger partial charge in [0.25, 0.3) is 5.69 Å². The van der Waals surface area contributed by atoms with Crippen molar-refractivity contribution in [2.75, 3.05) is 11.9 Å². The molecule has 2 rings (SSSR count). The number of sulfonamides is 1. The summed E-state index contributed by atoms with van der Waals surface area (Å²) in [5.74, 6) is -0.441. The van der Waals surface area contributed by atoms with E-state index in [1.807, 2.05) is 6.92 Å². The molecule has 0 bridgehead atoms. The highest BCUT2D eigenvalue weighted by Gasteiger charge is 2.13. The first-order chi connectivity index (χ1) is 13.3. The van der Waals surface area contributed by atoms with Crippen LogP contribution in [-0.2, 0) is 14.8 Å². The Labute approximate surface area is 163 Å². The van der Waals surface area contributed by atoms with Crippen molar-refractivity contribution < 1.29 is 18.1 Å². The average Bonchev–Trinajstić information content (AvgIpc) is 2.67.